The standard InChI is InChI=1S/C22H33N7O/c1-13(2)29-12-25-18-19(24-11-16-8-7-14(3)9-17(16)23)27-21(28-20(18)29)26-15(4)10-22(5,6)30/h7-9,12-13,15,30H,10-11,23H2,1-6H3,(H2,24,26,27,28). The molecule has 1 unspecified atom stereocenters. The zero-order valence-electron chi connectivity index (χ0n) is 18.7. The highest BCUT2D eigenvalue weighted by molar-refractivity contribution is 5.84. The average molecular weight is 412 g/mol. The van der Waals surface area contributed by atoms with E-state index < -0.39 is 5.60 Å². The molecule has 2 heterocycles. The van der Waals surface area contributed by atoms with Gasteiger partial charge in [-0.15, -0.1) is 0 Å². The molecule has 0 radical (unpaired) electrons. The van der Waals surface area contributed by atoms with Crippen LogP contribution in [0.25, 0.3) is 11.2 Å². The maximum atomic E-state index is 10.1. The molecule has 1 atom stereocenters. The molecule has 3 aromatic rings. The van der Waals surface area contributed by atoms with Crippen molar-refractivity contribution >= 4 is 28.6 Å². The number of nitrogens with zero attached hydrogens (tertiary/aromatic N) is 4. The van der Waals surface area contributed by atoms with E-state index in [1.165, 1.54) is 0 Å². The Kier molecular flexibility index (Phi) is 6.17. The Bertz CT molecular complexity index is 1020. The Morgan fingerprint density at radius 1 is 1.20 bits per heavy atom. The molecular weight excluding hydrogens is 378 g/mol. The van der Waals surface area contributed by atoms with Crippen molar-refractivity contribution in [1.29, 1.82) is 0 Å². The van der Waals surface area contributed by atoms with Gasteiger partial charge >= 0.3 is 0 Å². The summed E-state index contributed by atoms with van der Waals surface area (Å²) in [6, 6.07) is 6.24. The van der Waals surface area contributed by atoms with E-state index >= 15 is 0 Å². The number of rotatable bonds is 8. The van der Waals surface area contributed by atoms with Gasteiger partial charge in [0.25, 0.3) is 0 Å². The lowest BCUT2D eigenvalue weighted by Gasteiger charge is -2.23. The quantitative estimate of drug-likeness (QED) is 0.416. The van der Waals surface area contributed by atoms with Gasteiger partial charge in [0, 0.05) is 24.3 Å². The van der Waals surface area contributed by atoms with Crippen molar-refractivity contribution in [3.05, 3.63) is 35.7 Å². The SMILES string of the molecule is Cc1ccc(CNc2nc(NC(C)CC(C)(C)O)nc3c2ncn3C(C)C)c(N)c1. The lowest BCUT2D eigenvalue weighted by molar-refractivity contribution is 0.0672. The second-order valence-electron chi connectivity index (χ2n) is 8.93. The number of imidazole rings is 1. The number of benzene rings is 1. The van der Waals surface area contributed by atoms with Gasteiger partial charge in [0.15, 0.2) is 17.0 Å². The van der Waals surface area contributed by atoms with Crippen LogP contribution in [-0.4, -0.2) is 36.3 Å². The molecule has 5 N–H and O–H groups in total. The van der Waals surface area contributed by atoms with Crippen LogP contribution in [0, 0.1) is 6.92 Å². The number of nitrogen functional groups attached to an aromatic ring is 1. The van der Waals surface area contributed by atoms with Crippen molar-refractivity contribution in [2.75, 3.05) is 16.4 Å². The molecule has 162 valence electrons. The molecule has 0 saturated carbocycles. The molecule has 30 heavy (non-hydrogen) atoms. The Labute approximate surface area is 177 Å². The van der Waals surface area contributed by atoms with Crippen molar-refractivity contribution in [2.45, 2.75) is 72.2 Å². The highest BCUT2D eigenvalue weighted by Gasteiger charge is 2.20. The Morgan fingerprint density at radius 3 is 2.57 bits per heavy atom. The fraction of sp³-hybridized carbons (Fsp3) is 0.500. The van der Waals surface area contributed by atoms with E-state index in [4.69, 9.17) is 10.7 Å². The number of nitrogens with two attached hydrogens (primary N) is 1. The lowest BCUT2D eigenvalue weighted by atomic mass is 10.0. The van der Waals surface area contributed by atoms with Crippen molar-refractivity contribution in [3.63, 3.8) is 0 Å². The summed E-state index contributed by atoms with van der Waals surface area (Å²) in [5.74, 6) is 1.15. The number of aromatic nitrogens is 4. The smallest absolute Gasteiger partial charge is 0.226 e. The summed E-state index contributed by atoms with van der Waals surface area (Å²) < 4.78 is 2.02. The van der Waals surface area contributed by atoms with Crippen molar-refractivity contribution < 1.29 is 5.11 Å². The zero-order chi connectivity index (χ0) is 22.1. The average Bonchev–Trinajstić information content (AvgIpc) is 3.03. The second-order valence-corrected chi connectivity index (χ2v) is 8.93. The Balaban J connectivity index is 1.93. The van der Waals surface area contributed by atoms with Crippen molar-refractivity contribution in [2.24, 2.45) is 0 Å². The molecule has 0 saturated heterocycles. The molecule has 8 heteroatoms. The predicted molar refractivity (Wildman–Crippen MR) is 123 cm³/mol. The molecule has 0 spiro atoms. The van der Waals surface area contributed by atoms with Crippen LogP contribution in [0.1, 0.15) is 58.2 Å². The molecule has 8 nitrogen and oxygen atoms in total. The molecule has 3 rings (SSSR count). The van der Waals surface area contributed by atoms with Crippen molar-refractivity contribution in [1.82, 2.24) is 19.5 Å². The van der Waals surface area contributed by atoms with Gasteiger partial charge in [-0.1, -0.05) is 12.1 Å². The summed E-state index contributed by atoms with van der Waals surface area (Å²) >= 11 is 0. The van der Waals surface area contributed by atoms with E-state index in [1.54, 1.807) is 20.2 Å². The van der Waals surface area contributed by atoms with Crippen LogP contribution in [0.2, 0.25) is 0 Å². The molecule has 0 bridgehead atoms. The van der Waals surface area contributed by atoms with Crippen LogP contribution in [0.3, 0.4) is 0 Å². The predicted octanol–water partition coefficient (Wildman–Crippen LogP) is 3.87. The largest absolute Gasteiger partial charge is 0.398 e. The number of hydrogen-bond acceptors (Lipinski definition) is 7. The van der Waals surface area contributed by atoms with Gasteiger partial charge in [0.05, 0.1) is 11.9 Å². The van der Waals surface area contributed by atoms with Crippen LogP contribution >= 0.6 is 0 Å². The normalized spacial score (nSPS) is 13.1. The minimum Gasteiger partial charge on any atom is -0.398 e. The van der Waals surface area contributed by atoms with Crippen LogP contribution in [0.15, 0.2) is 24.5 Å². The molecule has 0 amide bonds. The first-order valence-electron chi connectivity index (χ1n) is 10.4. The molecule has 0 aliphatic carbocycles. The lowest BCUT2D eigenvalue weighted by Crippen LogP contribution is -2.29. The Morgan fingerprint density at radius 2 is 1.93 bits per heavy atom. The summed E-state index contributed by atoms with van der Waals surface area (Å²) in [6.45, 7) is 12.3. The number of nitrogens with one attached hydrogen (secondary N) is 2. The molecule has 1 aromatic carbocycles. The third kappa shape index (κ3) is 5.18. The van der Waals surface area contributed by atoms with Crippen LogP contribution in [0.4, 0.5) is 17.5 Å². The monoisotopic (exact) mass is 411 g/mol. The minimum atomic E-state index is -0.778. The first kappa shape index (κ1) is 21.8. The summed E-state index contributed by atoms with van der Waals surface area (Å²) in [4.78, 5) is 13.9. The number of hydrogen-bond donors (Lipinski definition) is 4. The van der Waals surface area contributed by atoms with Gasteiger partial charge in [-0.2, -0.15) is 9.97 Å². The van der Waals surface area contributed by atoms with E-state index in [0.717, 1.165) is 28.0 Å². The third-order valence-electron chi connectivity index (χ3n) is 4.91. The van der Waals surface area contributed by atoms with Gasteiger partial charge in [0.1, 0.15) is 0 Å². The summed E-state index contributed by atoms with van der Waals surface area (Å²) in [5.41, 5.74) is 9.75. The first-order valence-corrected chi connectivity index (χ1v) is 10.4. The topological polar surface area (TPSA) is 114 Å². The number of aliphatic hydroxyl groups is 1. The summed E-state index contributed by atoms with van der Waals surface area (Å²) in [7, 11) is 0. The first-order chi connectivity index (χ1) is 14.0. The van der Waals surface area contributed by atoms with Gasteiger partial charge in [-0.05, 0) is 65.2 Å². The molecule has 0 aliphatic heterocycles. The minimum absolute atomic E-state index is 0.00142. The fourth-order valence-corrected chi connectivity index (χ4v) is 3.56. The van der Waals surface area contributed by atoms with Crippen LogP contribution in [-0.2, 0) is 6.54 Å². The maximum absolute atomic E-state index is 10.1. The zero-order valence-corrected chi connectivity index (χ0v) is 18.7. The summed E-state index contributed by atoms with van der Waals surface area (Å²) in [5, 5.41) is 16.8. The molecular formula is C22H33N7O. The Hall–Kier alpha value is -2.87. The number of fused-ring (bicyclic) bond motifs is 1. The van der Waals surface area contributed by atoms with E-state index in [9.17, 15) is 5.11 Å². The van der Waals surface area contributed by atoms with E-state index in [1.807, 2.05) is 36.6 Å². The van der Waals surface area contributed by atoms with Gasteiger partial charge in [-0.3, -0.25) is 0 Å². The number of anilines is 3. The van der Waals surface area contributed by atoms with Crippen molar-refractivity contribution in [3.8, 4) is 0 Å². The van der Waals surface area contributed by atoms with Gasteiger partial charge in [-0.25, -0.2) is 4.98 Å². The maximum Gasteiger partial charge on any atom is 0.226 e. The van der Waals surface area contributed by atoms with E-state index in [2.05, 4.69) is 34.4 Å². The van der Waals surface area contributed by atoms with Crippen LogP contribution < -0.4 is 16.4 Å². The number of aryl methyl sites for hydroxylation is 1. The fourth-order valence-electron chi connectivity index (χ4n) is 3.56. The molecule has 0 fully saturated rings. The summed E-state index contributed by atoms with van der Waals surface area (Å²) in [6.07, 6.45) is 2.36. The highest BCUT2D eigenvalue weighted by Crippen LogP contribution is 2.25. The second kappa shape index (κ2) is 8.47. The molecule has 0 aliphatic rings. The highest BCUT2D eigenvalue weighted by atomic mass is 16.3. The van der Waals surface area contributed by atoms with E-state index in [-0.39, 0.29) is 12.1 Å². The van der Waals surface area contributed by atoms with Crippen LogP contribution in [0.5, 0.6) is 0 Å². The van der Waals surface area contributed by atoms with E-state index in [0.29, 0.717) is 24.7 Å². The third-order valence-corrected chi connectivity index (χ3v) is 4.91. The molecule has 2 aromatic heterocycles. The van der Waals surface area contributed by atoms with Gasteiger partial charge in [0.2, 0.25) is 5.95 Å². The van der Waals surface area contributed by atoms with Gasteiger partial charge < -0.3 is 26.0 Å².